The lowest BCUT2D eigenvalue weighted by molar-refractivity contribution is -0.135. The lowest BCUT2D eigenvalue weighted by Gasteiger charge is -2.41. The summed E-state index contributed by atoms with van der Waals surface area (Å²) in [6.45, 7) is 3.77. The quantitative estimate of drug-likeness (QED) is 0.554. The molecule has 1 atom stereocenters. The zero-order valence-electron chi connectivity index (χ0n) is 21.0. The molecule has 0 aromatic heterocycles. The Morgan fingerprint density at radius 1 is 1.14 bits per heavy atom. The van der Waals surface area contributed by atoms with Crippen LogP contribution in [0.3, 0.4) is 0 Å². The first-order chi connectivity index (χ1) is 17.9. The van der Waals surface area contributed by atoms with Gasteiger partial charge < -0.3 is 20.7 Å². The van der Waals surface area contributed by atoms with Crippen molar-refractivity contribution in [2.45, 2.75) is 26.2 Å². The Balaban J connectivity index is 1.44. The first kappa shape index (κ1) is 26.3. The smallest absolute Gasteiger partial charge is 0.255 e. The third-order valence-electron chi connectivity index (χ3n) is 6.74. The number of carbonyl (C=O) groups is 3. The van der Waals surface area contributed by atoms with Gasteiger partial charge in [0.15, 0.2) is 0 Å². The van der Waals surface area contributed by atoms with Gasteiger partial charge >= 0.3 is 0 Å². The number of likely N-dealkylation sites (tertiary alicyclic amines) is 1. The van der Waals surface area contributed by atoms with Crippen LogP contribution in [0.4, 0.5) is 10.1 Å². The first-order valence-electron chi connectivity index (χ1n) is 12.6. The number of rotatable bonds is 3. The highest BCUT2D eigenvalue weighted by Gasteiger charge is 2.41. The third-order valence-corrected chi connectivity index (χ3v) is 6.74. The largest absolute Gasteiger partial charge is 0.489 e. The Morgan fingerprint density at radius 3 is 2.81 bits per heavy atom. The molecule has 8 nitrogen and oxygen atoms in total. The molecule has 4 rings (SSSR count). The van der Waals surface area contributed by atoms with E-state index >= 15 is 0 Å². The highest BCUT2D eigenvalue weighted by atomic mass is 19.1. The maximum absolute atomic E-state index is 14.1. The Bertz CT molecular complexity index is 1180. The zero-order chi connectivity index (χ0) is 26.3. The van der Waals surface area contributed by atoms with Crippen molar-refractivity contribution in [2.24, 2.45) is 5.41 Å². The molecule has 0 aliphatic carbocycles. The van der Waals surface area contributed by atoms with Crippen molar-refractivity contribution in [3.63, 3.8) is 0 Å². The zero-order valence-corrected chi connectivity index (χ0v) is 21.0. The number of aryl methyl sites for hydroxylation is 1. The van der Waals surface area contributed by atoms with E-state index < -0.39 is 11.2 Å². The highest BCUT2D eigenvalue weighted by Crippen LogP contribution is 2.34. The van der Waals surface area contributed by atoms with E-state index in [2.05, 4.69) is 16.0 Å². The van der Waals surface area contributed by atoms with Crippen LogP contribution >= 0.6 is 0 Å². The third kappa shape index (κ3) is 6.74. The predicted molar refractivity (Wildman–Crippen MR) is 139 cm³/mol. The number of nitrogens with one attached hydrogen (secondary N) is 3. The second-order valence-corrected chi connectivity index (χ2v) is 9.62. The highest BCUT2D eigenvalue weighted by molar-refractivity contribution is 5.97. The van der Waals surface area contributed by atoms with Crippen molar-refractivity contribution in [2.75, 3.05) is 44.6 Å². The number of carbonyl (C=O) groups excluding carboxylic acids is 3. The van der Waals surface area contributed by atoms with Gasteiger partial charge in [0, 0.05) is 19.6 Å². The molecule has 9 heteroatoms. The van der Waals surface area contributed by atoms with Gasteiger partial charge in [0.2, 0.25) is 11.8 Å². The van der Waals surface area contributed by atoms with Gasteiger partial charge in [0.1, 0.15) is 18.2 Å². The SMILES string of the molecule is Cc1ccc(F)c(NC(=O)CN2CCCC3(C/C=C\COc4ccccc4C(=O)NCCNC3=O)C2)c1. The van der Waals surface area contributed by atoms with Crippen LogP contribution in [-0.4, -0.2) is 62.0 Å². The van der Waals surface area contributed by atoms with Crippen LogP contribution < -0.4 is 20.7 Å². The molecule has 2 heterocycles. The van der Waals surface area contributed by atoms with Gasteiger partial charge in [-0.15, -0.1) is 0 Å². The predicted octanol–water partition coefficient (Wildman–Crippen LogP) is 3.04. The first-order valence-corrected chi connectivity index (χ1v) is 12.6. The number of fused-ring (bicyclic) bond motifs is 1. The molecule has 1 saturated heterocycles. The number of piperidine rings is 1. The van der Waals surface area contributed by atoms with Crippen LogP contribution in [0.25, 0.3) is 0 Å². The van der Waals surface area contributed by atoms with E-state index in [1.807, 2.05) is 30.0 Å². The van der Waals surface area contributed by atoms with Crippen LogP contribution in [0.5, 0.6) is 5.75 Å². The fourth-order valence-electron chi connectivity index (χ4n) is 4.86. The number of allylic oxidation sites excluding steroid dienone is 1. The molecular weight excluding hydrogens is 475 g/mol. The Labute approximate surface area is 216 Å². The number of amides is 3. The van der Waals surface area contributed by atoms with Gasteiger partial charge in [-0.05, 0) is 62.6 Å². The summed E-state index contributed by atoms with van der Waals surface area (Å²) in [5, 5.41) is 8.45. The van der Waals surface area contributed by atoms with E-state index in [-0.39, 0.29) is 49.7 Å². The molecule has 2 aromatic rings. The molecule has 3 N–H and O–H groups in total. The van der Waals surface area contributed by atoms with Crippen LogP contribution in [-0.2, 0) is 9.59 Å². The molecular formula is C28H33FN4O4. The molecule has 0 bridgehead atoms. The molecule has 0 saturated carbocycles. The number of nitrogens with zero attached hydrogens (tertiary/aromatic N) is 1. The lowest BCUT2D eigenvalue weighted by atomic mass is 9.76. The molecule has 1 spiro atoms. The van der Waals surface area contributed by atoms with Crippen LogP contribution in [0.15, 0.2) is 54.6 Å². The topological polar surface area (TPSA) is 99.8 Å². The maximum Gasteiger partial charge on any atom is 0.255 e. The fraction of sp³-hybridized carbons (Fsp3) is 0.393. The van der Waals surface area contributed by atoms with Gasteiger partial charge in [0.05, 0.1) is 23.2 Å². The summed E-state index contributed by atoms with van der Waals surface area (Å²) < 4.78 is 19.9. The molecule has 2 aromatic carbocycles. The van der Waals surface area contributed by atoms with Crippen LogP contribution in [0, 0.1) is 18.2 Å². The van der Waals surface area contributed by atoms with E-state index in [4.69, 9.17) is 4.74 Å². The van der Waals surface area contributed by atoms with Gasteiger partial charge in [-0.1, -0.05) is 30.4 Å². The van der Waals surface area contributed by atoms with Crippen LogP contribution in [0.1, 0.15) is 35.2 Å². The van der Waals surface area contributed by atoms with E-state index in [9.17, 15) is 18.8 Å². The standard InChI is InChI=1S/C28H33FN4O4/c1-20-9-10-22(29)23(17-20)32-25(34)18-33-15-6-12-28(19-33)11-4-5-16-37-24-8-3-2-7-21(24)26(35)30-13-14-31-27(28)36/h2-5,7-10,17H,6,11-16,18-19H2,1H3,(H,30,35)(H,31,36)(H,32,34)/b5-4-. The molecule has 1 fully saturated rings. The number of ether oxygens (including phenoxy) is 1. The van der Waals surface area contributed by atoms with Crippen molar-refractivity contribution < 1.29 is 23.5 Å². The second kappa shape index (κ2) is 12.0. The van der Waals surface area contributed by atoms with E-state index in [1.165, 1.54) is 6.07 Å². The summed E-state index contributed by atoms with van der Waals surface area (Å²) in [5.41, 5.74) is 0.720. The summed E-state index contributed by atoms with van der Waals surface area (Å²) in [5.74, 6) is -0.685. The Morgan fingerprint density at radius 2 is 1.95 bits per heavy atom. The summed E-state index contributed by atoms with van der Waals surface area (Å²) in [6.07, 6.45) is 5.68. The molecule has 0 radical (unpaired) electrons. The number of hydrogen-bond donors (Lipinski definition) is 3. The number of halogens is 1. The minimum absolute atomic E-state index is 0.0576. The molecule has 2 aliphatic heterocycles. The van der Waals surface area contributed by atoms with Crippen molar-refractivity contribution >= 4 is 23.4 Å². The van der Waals surface area contributed by atoms with Crippen LogP contribution in [0.2, 0.25) is 0 Å². The number of benzene rings is 2. The monoisotopic (exact) mass is 508 g/mol. The fourth-order valence-corrected chi connectivity index (χ4v) is 4.86. The number of para-hydroxylation sites is 1. The van der Waals surface area contributed by atoms with E-state index in [0.29, 0.717) is 37.2 Å². The summed E-state index contributed by atoms with van der Waals surface area (Å²) >= 11 is 0. The van der Waals surface area contributed by atoms with E-state index in [1.54, 1.807) is 30.3 Å². The van der Waals surface area contributed by atoms with Gasteiger partial charge in [-0.2, -0.15) is 0 Å². The number of anilines is 1. The Hall–Kier alpha value is -3.72. The van der Waals surface area contributed by atoms with Crippen molar-refractivity contribution in [3.8, 4) is 5.75 Å². The second-order valence-electron chi connectivity index (χ2n) is 9.62. The average Bonchev–Trinajstić information content (AvgIpc) is 2.88. The van der Waals surface area contributed by atoms with Gasteiger partial charge in [-0.25, -0.2) is 4.39 Å². The van der Waals surface area contributed by atoms with E-state index in [0.717, 1.165) is 12.0 Å². The van der Waals surface area contributed by atoms with Crippen molar-refractivity contribution in [1.82, 2.24) is 15.5 Å². The Kier molecular flexibility index (Phi) is 8.55. The minimum Gasteiger partial charge on any atom is -0.489 e. The van der Waals surface area contributed by atoms with Gasteiger partial charge in [0.25, 0.3) is 5.91 Å². The summed E-state index contributed by atoms with van der Waals surface area (Å²) in [7, 11) is 0. The normalized spacial score (nSPS) is 22.1. The number of hydrogen-bond acceptors (Lipinski definition) is 5. The molecule has 3 amide bonds. The van der Waals surface area contributed by atoms with Crippen molar-refractivity contribution in [3.05, 3.63) is 71.6 Å². The molecule has 2 aliphatic rings. The molecule has 37 heavy (non-hydrogen) atoms. The lowest BCUT2D eigenvalue weighted by Crippen LogP contribution is -2.53. The molecule has 1 unspecified atom stereocenters. The average molecular weight is 509 g/mol. The summed E-state index contributed by atoms with van der Waals surface area (Å²) in [6, 6.07) is 11.6. The summed E-state index contributed by atoms with van der Waals surface area (Å²) in [4.78, 5) is 40.6. The molecule has 196 valence electrons. The minimum atomic E-state index is -0.727. The maximum atomic E-state index is 14.1. The van der Waals surface area contributed by atoms with Crippen molar-refractivity contribution in [1.29, 1.82) is 0 Å². The van der Waals surface area contributed by atoms with Gasteiger partial charge in [-0.3, -0.25) is 19.3 Å².